The minimum absolute atomic E-state index is 0.147. The van der Waals surface area contributed by atoms with E-state index in [0.717, 1.165) is 11.3 Å². The molecule has 0 fully saturated rings. The lowest BCUT2D eigenvalue weighted by Gasteiger charge is -2.07. The quantitative estimate of drug-likeness (QED) is 0.797. The fourth-order valence-corrected chi connectivity index (χ4v) is 2.23. The largest absolute Gasteiger partial charge is 0.480 e. The SMILES string of the molecule is O=C(O)Cn1cnc(-c2ccccc2)c1-c1ccccn1. The fraction of sp³-hybridized carbons (Fsp3) is 0.0625. The topological polar surface area (TPSA) is 68.0 Å². The summed E-state index contributed by atoms with van der Waals surface area (Å²) in [4.78, 5) is 19.7. The van der Waals surface area contributed by atoms with Gasteiger partial charge in [-0.1, -0.05) is 36.4 Å². The van der Waals surface area contributed by atoms with Crippen molar-refractivity contribution in [3.8, 4) is 22.6 Å². The van der Waals surface area contributed by atoms with Gasteiger partial charge in [0.1, 0.15) is 6.54 Å². The number of hydrogen-bond acceptors (Lipinski definition) is 3. The molecule has 0 aliphatic carbocycles. The molecular formula is C16H13N3O2. The Morgan fingerprint density at radius 3 is 2.48 bits per heavy atom. The van der Waals surface area contributed by atoms with Crippen molar-refractivity contribution < 1.29 is 9.90 Å². The Hall–Kier alpha value is -2.95. The molecule has 3 aromatic rings. The van der Waals surface area contributed by atoms with E-state index in [1.165, 1.54) is 0 Å². The first-order chi connectivity index (χ1) is 10.3. The van der Waals surface area contributed by atoms with Gasteiger partial charge in [-0.15, -0.1) is 0 Å². The van der Waals surface area contributed by atoms with E-state index in [4.69, 9.17) is 5.11 Å². The summed E-state index contributed by atoms with van der Waals surface area (Å²) >= 11 is 0. The molecule has 0 saturated heterocycles. The van der Waals surface area contributed by atoms with E-state index in [1.807, 2.05) is 48.5 Å². The fourth-order valence-electron chi connectivity index (χ4n) is 2.23. The van der Waals surface area contributed by atoms with Crippen LogP contribution in [0.1, 0.15) is 0 Å². The van der Waals surface area contributed by atoms with Gasteiger partial charge in [0.05, 0.1) is 23.4 Å². The number of rotatable bonds is 4. The zero-order chi connectivity index (χ0) is 14.7. The molecule has 0 radical (unpaired) electrons. The Bertz CT molecular complexity index is 752. The molecule has 1 aromatic carbocycles. The maximum absolute atomic E-state index is 11.0. The Labute approximate surface area is 121 Å². The van der Waals surface area contributed by atoms with Gasteiger partial charge in [-0.2, -0.15) is 0 Å². The highest BCUT2D eigenvalue weighted by atomic mass is 16.4. The van der Waals surface area contributed by atoms with Crippen LogP contribution in [0.25, 0.3) is 22.6 Å². The second kappa shape index (κ2) is 5.58. The number of carboxylic acids is 1. The van der Waals surface area contributed by atoms with Crippen LogP contribution in [-0.4, -0.2) is 25.6 Å². The molecule has 0 spiro atoms. The summed E-state index contributed by atoms with van der Waals surface area (Å²) in [5, 5.41) is 9.05. The lowest BCUT2D eigenvalue weighted by Crippen LogP contribution is -2.09. The van der Waals surface area contributed by atoms with Crippen LogP contribution in [-0.2, 0) is 11.3 Å². The van der Waals surface area contributed by atoms with Crippen molar-refractivity contribution in [2.45, 2.75) is 6.54 Å². The van der Waals surface area contributed by atoms with E-state index in [0.29, 0.717) is 11.4 Å². The van der Waals surface area contributed by atoms with Gasteiger partial charge in [-0.3, -0.25) is 9.78 Å². The lowest BCUT2D eigenvalue weighted by molar-refractivity contribution is -0.137. The highest BCUT2D eigenvalue weighted by Crippen LogP contribution is 2.29. The first-order valence-corrected chi connectivity index (χ1v) is 6.49. The molecule has 5 nitrogen and oxygen atoms in total. The molecule has 104 valence electrons. The van der Waals surface area contributed by atoms with E-state index >= 15 is 0 Å². The smallest absolute Gasteiger partial charge is 0.323 e. The van der Waals surface area contributed by atoms with Gasteiger partial charge in [0, 0.05) is 11.8 Å². The number of carboxylic acid groups (broad SMARTS) is 1. The molecule has 0 unspecified atom stereocenters. The Morgan fingerprint density at radius 2 is 1.81 bits per heavy atom. The maximum Gasteiger partial charge on any atom is 0.323 e. The van der Waals surface area contributed by atoms with Gasteiger partial charge in [0.15, 0.2) is 0 Å². The van der Waals surface area contributed by atoms with Crippen molar-refractivity contribution in [2.24, 2.45) is 0 Å². The van der Waals surface area contributed by atoms with E-state index < -0.39 is 5.97 Å². The molecule has 2 heterocycles. The van der Waals surface area contributed by atoms with Crippen LogP contribution in [0.3, 0.4) is 0 Å². The van der Waals surface area contributed by atoms with Crippen molar-refractivity contribution in [3.05, 3.63) is 61.1 Å². The minimum atomic E-state index is -0.913. The molecule has 0 bridgehead atoms. The molecule has 0 saturated carbocycles. The Morgan fingerprint density at radius 1 is 1.05 bits per heavy atom. The Kier molecular flexibility index (Phi) is 3.47. The van der Waals surface area contributed by atoms with Gasteiger partial charge >= 0.3 is 5.97 Å². The normalized spacial score (nSPS) is 10.5. The molecule has 0 atom stereocenters. The molecule has 3 rings (SSSR count). The zero-order valence-corrected chi connectivity index (χ0v) is 11.2. The number of aliphatic carboxylic acids is 1. The number of aromatic nitrogens is 3. The van der Waals surface area contributed by atoms with E-state index in [9.17, 15) is 4.79 Å². The summed E-state index contributed by atoms with van der Waals surface area (Å²) in [6.45, 7) is -0.147. The molecule has 0 amide bonds. The molecule has 1 N–H and O–H groups in total. The zero-order valence-electron chi connectivity index (χ0n) is 11.2. The summed E-state index contributed by atoms with van der Waals surface area (Å²) in [5.41, 5.74) is 3.08. The molecule has 0 aliphatic heterocycles. The van der Waals surface area contributed by atoms with Crippen molar-refractivity contribution in [2.75, 3.05) is 0 Å². The maximum atomic E-state index is 11.0. The van der Waals surface area contributed by atoms with Crippen LogP contribution in [0.5, 0.6) is 0 Å². The van der Waals surface area contributed by atoms with E-state index in [-0.39, 0.29) is 6.54 Å². The van der Waals surface area contributed by atoms with E-state index in [2.05, 4.69) is 9.97 Å². The number of hydrogen-bond donors (Lipinski definition) is 1. The van der Waals surface area contributed by atoms with Crippen molar-refractivity contribution >= 4 is 5.97 Å². The van der Waals surface area contributed by atoms with Crippen molar-refractivity contribution in [1.29, 1.82) is 0 Å². The predicted molar refractivity (Wildman–Crippen MR) is 78.5 cm³/mol. The number of pyridine rings is 1. The summed E-state index contributed by atoms with van der Waals surface area (Å²) in [6.07, 6.45) is 3.22. The second-order valence-corrected chi connectivity index (χ2v) is 4.54. The summed E-state index contributed by atoms with van der Waals surface area (Å²) < 4.78 is 1.60. The van der Waals surface area contributed by atoms with Crippen LogP contribution >= 0.6 is 0 Å². The number of nitrogens with zero attached hydrogens (tertiary/aromatic N) is 3. The standard InChI is InChI=1S/C16H13N3O2/c20-14(21)10-19-11-18-15(12-6-2-1-3-7-12)16(19)13-8-4-5-9-17-13/h1-9,11H,10H2,(H,20,21). The predicted octanol–water partition coefficient (Wildman–Crippen LogP) is 2.70. The number of benzene rings is 1. The summed E-state index contributed by atoms with van der Waals surface area (Å²) in [5.74, 6) is -0.913. The van der Waals surface area contributed by atoms with E-state index in [1.54, 1.807) is 17.1 Å². The third-order valence-corrected chi connectivity index (χ3v) is 3.10. The van der Waals surface area contributed by atoms with Crippen LogP contribution < -0.4 is 0 Å². The number of imidazole rings is 1. The molecular weight excluding hydrogens is 266 g/mol. The van der Waals surface area contributed by atoms with Gasteiger partial charge in [0.25, 0.3) is 0 Å². The molecule has 2 aromatic heterocycles. The lowest BCUT2D eigenvalue weighted by atomic mass is 10.1. The summed E-state index contributed by atoms with van der Waals surface area (Å²) in [6, 6.07) is 15.2. The highest BCUT2D eigenvalue weighted by Gasteiger charge is 2.17. The summed E-state index contributed by atoms with van der Waals surface area (Å²) in [7, 11) is 0. The first-order valence-electron chi connectivity index (χ1n) is 6.49. The van der Waals surface area contributed by atoms with Gasteiger partial charge in [-0.05, 0) is 12.1 Å². The average molecular weight is 279 g/mol. The van der Waals surface area contributed by atoms with Gasteiger partial charge < -0.3 is 9.67 Å². The van der Waals surface area contributed by atoms with Crippen LogP contribution in [0.15, 0.2) is 61.1 Å². The van der Waals surface area contributed by atoms with Crippen LogP contribution in [0, 0.1) is 0 Å². The third-order valence-electron chi connectivity index (χ3n) is 3.10. The van der Waals surface area contributed by atoms with Crippen molar-refractivity contribution in [3.63, 3.8) is 0 Å². The molecule has 21 heavy (non-hydrogen) atoms. The number of carbonyl (C=O) groups is 1. The third kappa shape index (κ3) is 2.67. The average Bonchev–Trinajstić information content (AvgIpc) is 2.92. The van der Waals surface area contributed by atoms with Crippen molar-refractivity contribution in [1.82, 2.24) is 14.5 Å². The second-order valence-electron chi connectivity index (χ2n) is 4.54. The Balaban J connectivity index is 2.18. The minimum Gasteiger partial charge on any atom is -0.480 e. The first kappa shape index (κ1) is 13.1. The van der Waals surface area contributed by atoms with Gasteiger partial charge in [-0.25, -0.2) is 4.98 Å². The van der Waals surface area contributed by atoms with Gasteiger partial charge in [0.2, 0.25) is 0 Å². The molecule has 5 heteroatoms. The monoisotopic (exact) mass is 279 g/mol. The van der Waals surface area contributed by atoms with Crippen LogP contribution in [0.4, 0.5) is 0 Å². The molecule has 0 aliphatic rings. The highest BCUT2D eigenvalue weighted by molar-refractivity contribution is 5.78. The van der Waals surface area contributed by atoms with Crippen LogP contribution in [0.2, 0.25) is 0 Å².